The van der Waals surface area contributed by atoms with Gasteiger partial charge in [0, 0.05) is 55.0 Å². The number of hydrogen-bond donors (Lipinski definition) is 8. The highest BCUT2D eigenvalue weighted by Gasteiger charge is 2.29. The van der Waals surface area contributed by atoms with Crippen LogP contribution in [-0.2, 0) is 4.74 Å². The van der Waals surface area contributed by atoms with Gasteiger partial charge in [-0.25, -0.2) is 24.1 Å². The van der Waals surface area contributed by atoms with Gasteiger partial charge >= 0.3 is 6.09 Å². The van der Waals surface area contributed by atoms with Crippen molar-refractivity contribution in [1.29, 1.82) is 0 Å². The molecular weight excluding hydrogens is 833 g/mol. The Labute approximate surface area is 374 Å². The number of carbonyl (C=O) groups excluding carboxylic acids is 3. The van der Waals surface area contributed by atoms with Gasteiger partial charge in [-0.3, -0.25) is 9.59 Å². The summed E-state index contributed by atoms with van der Waals surface area (Å²) in [6, 6.07) is 17.8. The molecule has 0 spiro atoms. The maximum absolute atomic E-state index is 12.4. The highest BCUT2D eigenvalue weighted by Crippen LogP contribution is 2.27. The molecule has 0 unspecified atom stereocenters. The van der Waals surface area contributed by atoms with Crippen LogP contribution in [-0.4, -0.2) is 97.6 Å². The molecule has 0 aromatic carbocycles. The predicted molar refractivity (Wildman–Crippen MR) is 243 cm³/mol. The predicted octanol–water partition coefficient (Wildman–Crippen LogP) is 4.73. The number of ether oxygens (including phenoxy) is 1. The number of hydrogen-bond acceptors (Lipinski definition) is 17. The largest absolute Gasteiger partial charge is 0.444 e. The summed E-state index contributed by atoms with van der Waals surface area (Å²) in [5, 5.41) is 40.5. The smallest absolute Gasteiger partial charge is 0.407 e. The number of nitrogens with zero attached hydrogens (tertiary/aromatic N) is 10. The second kappa shape index (κ2) is 20.6. The van der Waals surface area contributed by atoms with Crippen molar-refractivity contribution >= 4 is 52.6 Å². The molecule has 0 bridgehead atoms. The molecule has 65 heavy (non-hydrogen) atoms. The minimum Gasteiger partial charge on any atom is -0.444 e. The molecule has 0 radical (unpaired) electrons. The zero-order valence-corrected chi connectivity index (χ0v) is 36.4. The van der Waals surface area contributed by atoms with E-state index in [0.29, 0.717) is 46.3 Å². The van der Waals surface area contributed by atoms with Crippen molar-refractivity contribution < 1.29 is 19.1 Å². The fraction of sp³-hybridized carbons (Fsp3) is 0.372. The Bertz CT molecular complexity index is 2550. The number of alkyl carbamates (subject to hydrolysis) is 1. The first-order valence-electron chi connectivity index (χ1n) is 21.4. The average molecular weight is 887 g/mol. The molecule has 22 nitrogen and oxygen atoms in total. The maximum atomic E-state index is 12.4. The fourth-order valence-corrected chi connectivity index (χ4v) is 7.46. The Hall–Kier alpha value is -7.75. The fourth-order valence-electron chi connectivity index (χ4n) is 7.46. The summed E-state index contributed by atoms with van der Waals surface area (Å²) in [6.07, 6.45) is 14.3. The van der Waals surface area contributed by atoms with Crippen LogP contribution in [0, 0.1) is 0 Å². The molecule has 2 fully saturated rings. The Morgan fingerprint density at radius 2 is 1.11 bits per heavy atom. The topological polar surface area (TPSA) is 312 Å². The van der Waals surface area contributed by atoms with Crippen LogP contribution in [0.5, 0.6) is 0 Å². The molecule has 4 atom stereocenters. The quantitative estimate of drug-likeness (QED) is 0.0777. The minimum absolute atomic E-state index is 0.0149. The number of anilines is 6. The van der Waals surface area contributed by atoms with Gasteiger partial charge < -0.3 is 48.5 Å². The van der Waals surface area contributed by atoms with E-state index >= 15 is 0 Å². The number of aromatic nitrogens is 10. The zero-order valence-electron chi connectivity index (χ0n) is 36.4. The van der Waals surface area contributed by atoms with E-state index in [4.69, 9.17) is 21.9 Å². The SMILES string of the molecule is CC(C)(C)OC(=O)N[C@H]1CCCC[C@H]1Nc1cc(Nc2cccc(-n3cccn3)n2)c(C(N)=O)nn1.NC(=O)c1nnc(N[C@@H]2CCCC[C@@H]2N)cc1Nc1cccc(-n2cccn2)n1. The van der Waals surface area contributed by atoms with Gasteiger partial charge in [0.05, 0.1) is 17.4 Å². The molecular formula is C43H54N18O4. The number of primary amides is 2. The summed E-state index contributed by atoms with van der Waals surface area (Å²) in [5.41, 5.74) is 17.4. The Morgan fingerprint density at radius 1 is 0.631 bits per heavy atom. The minimum atomic E-state index is -0.720. The molecule has 6 aromatic heterocycles. The van der Waals surface area contributed by atoms with Crippen LogP contribution in [0.3, 0.4) is 0 Å². The van der Waals surface area contributed by atoms with E-state index in [0.717, 1.165) is 51.4 Å². The molecule has 11 N–H and O–H groups in total. The third kappa shape index (κ3) is 12.5. The van der Waals surface area contributed by atoms with E-state index in [9.17, 15) is 14.4 Å². The number of pyridine rings is 2. The van der Waals surface area contributed by atoms with Gasteiger partial charge in [-0.1, -0.05) is 37.8 Å². The lowest BCUT2D eigenvalue weighted by Gasteiger charge is -2.33. The number of carbonyl (C=O) groups is 3. The molecule has 2 aliphatic carbocycles. The van der Waals surface area contributed by atoms with Gasteiger partial charge in [0.25, 0.3) is 11.8 Å². The Kier molecular flexibility index (Phi) is 14.4. The van der Waals surface area contributed by atoms with Gasteiger partial charge in [-0.15, -0.1) is 20.4 Å². The third-order valence-corrected chi connectivity index (χ3v) is 10.5. The van der Waals surface area contributed by atoms with Gasteiger partial charge in [-0.05, 0) is 82.9 Å². The molecule has 22 heteroatoms. The third-order valence-electron chi connectivity index (χ3n) is 10.5. The van der Waals surface area contributed by atoms with E-state index in [1.165, 1.54) is 0 Å². The standard InChI is InChI=1S/C24H31N9O3.C19H23N9O/c1-24(2,3)36-23(35)29-16-9-5-4-8-15(16)27-19-14-17(21(22(25)34)32-31-19)28-18-10-6-11-20(30-18)33-13-7-12-26-33;20-12-5-1-2-6-13(12)23-16-11-14(18(19(21)29)27-26-16)24-15-7-3-8-17(25-15)28-10-4-9-22-28/h6-7,10-16H,4-5,8-9H2,1-3H3,(H2,25,34)(H,29,35)(H2,27,28,30,31);3-4,7-13H,1-2,5-6,20H2,(H2,21,29)(H2,23,24,25,26)/t15-,16+;12-,13+/m10/s1. The van der Waals surface area contributed by atoms with Crippen LogP contribution in [0.4, 0.5) is 39.4 Å². The van der Waals surface area contributed by atoms with Gasteiger partial charge in [-0.2, -0.15) is 10.2 Å². The first-order chi connectivity index (χ1) is 31.3. The van der Waals surface area contributed by atoms with Crippen molar-refractivity contribution in [2.24, 2.45) is 17.2 Å². The first-order valence-corrected chi connectivity index (χ1v) is 21.4. The second-order valence-electron chi connectivity index (χ2n) is 16.6. The summed E-state index contributed by atoms with van der Waals surface area (Å²) in [4.78, 5) is 45.2. The summed E-state index contributed by atoms with van der Waals surface area (Å²) in [6.45, 7) is 5.48. The number of rotatable bonds is 13. The molecule has 340 valence electrons. The molecule has 2 aliphatic rings. The zero-order chi connectivity index (χ0) is 45.9. The van der Waals surface area contributed by atoms with E-state index in [2.05, 4.69) is 67.1 Å². The van der Waals surface area contributed by atoms with Crippen molar-refractivity contribution in [2.75, 3.05) is 21.3 Å². The van der Waals surface area contributed by atoms with E-state index < -0.39 is 23.5 Å². The van der Waals surface area contributed by atoms with Crippen molar-refractivity contribution in [3.63, 3.8) is 0 Å². The molecule has 0 saturated heterocycles. The lowest BCUT2D eigenvalue weighted by atomic mass is 9.90. The van der Waals surface area contributed by atoms with Gasteiger partial charge in [0.15, 0.2) is 34.7 Å². The first kappa shape index (κ1) is 45.3. The van der Waals surface area contributed by atoms with Crippen molar-refractivity contribution in [2.45, 2.75) is 102 Å². The van der Waals surface area contributed by atoms with E-state index in [1.54, 1.807) is 64.5 Å². The number of amides is 3. The number of nitrogens with two attached hydrogens (primary N) is 3. The lowest BCUT2D eigenvalue weighted by molar-refractivity contribution is 0.0488. The van der Waals surface area contributed by atoms with E-state index in [-0.39, 0.29) is 35.6 Å². The molecule has 0 aliphatic heterocycles. The summed E-state index contributed by atoms with van der Waals surface area (Å²) < 4.78 is 8.69. The lowest BCUT2D eigenvalue weighted by Crippen LogP contribution is -2.49. The second-order valence-corrected chi connectivity index (χ2v) is 16.6. The maximum Gasteiger partial charge on any atom is 0.407 e. The van der Waals surface area contributed by atoms with Crippen LogP contribution in [0.2, 0.25) is 0 Å². The van der Waals surface area contributed by atoms with Crippen molar-refractivity contribution in [3.8, 4) is 11.6 Å². The average Bonchev–Trinajstić information content (AvgIpc) is 4.02. The normalized spacial score (nSPS) is 18.3. The molecule has 8 rings (SSSR count). The Morgan fingerprint density at radius 3 is 1.57 bits per heavy atom. The van der Waals surface area contributed by atoms with Crippen molar-refractivity contribution in [1.82, 2.24) is 55.2 Å². The van der Waals surface area contributed by atoms with Gasteiger partial charge in [0.2, 0.25) is 0 Å². The molecule has 6 aromatic rings. The summed E-state index contributed by atoms with van der Waals surface area (Å²) in [7, 11) is 0. The molecule has 3 amide bonds. The summed E-state index contributed by atoms with van der Waals surface area (Å²) >= 11 is 0. The van der Waals surface area contributed by atoms with Crippen LogP contribution in [0.25, 0.3) is 11.6 Å². The molecule has 6 heterocycles. The Balaban J connectivity index is 0.000000198. The van der Waals surface area contributed by atoms with Crippen LogP contribution >= 0.6 is 0 Å². The monoisotopic (exact) mass is 886 g/mol. The highest BCUT2D eigenvalue weighted by molar-refractivity contribution is 5.98. The van der Waals surface area contributed by atoms with Crippen LogP contribution in [0.1, 0.15) is 93.1 Å². The van der Waals surface area contributed by atoms with E-state index in [1.807, 2.05) is 51.1 Å². The van der Waals surface area contributed by atoms with Crippen LogP contribution < -0.4 is 43.8 Å². The van der Waals surface area contributed by atoms with Crippen molar-refractivity contribution in [3.05, 3.63) is 96.8 Å². The molecule has 2 saturated carbocycles. The van der Waals surface area contributed by atoms with Gasteiger partial charge in [0.1, 0.15) is 17.2 Å². The van der Waals surface area contributed by atoms with Crippen LogP contribution in [0.15, 0.2) is 85.5 Å². The summed E-state index contributed by atoms with van der Waals surface area (Å²) in [5.74, 6) is 1.81. The number of nitrogens with one attached hydrogen (secondary N) is 5. The highest BCUT2D eigenvalue weighted by atomic mass is 16.6.